The quantitative estimate of drug-likeness (QED) is 0.690. The van der Waals surface area contributed by atoms with Gasteiger partial charge in [0, 0.05) is 12.0 Å². The SMILES string of the molecule is Cc1cccc2c1OCC(F)C21CCCC1=O. The minimum Gasteiger partial charge on any atom is -0.490 e. The molecule has 0 amide bonds. The summed E-state index contributed by atoms with van der Waals surface area (Å²) in [5.74, 6) is 0.761. The lowest BCUT2D eigenvalue weighted by Crippen LogP contribution is -2.47. The van der Waals surface area contributed by atoms with E-state index in [1.54, 1.807) is 0 Å². The number of halogens is 1. The molecule has 2 aliphatic rings. The van der Waals surface area contributed by atoms with Gasteiger partial charge in [0.2, 0.25) is 0 Å². The summed E-state index contributed by atoms with van der Waals surface area (Å²) in [5.41, 5.74) is 0.826. The zero-order valence-corrected chi connectivity index (χ0v) is 9.83. The van der Waals surface area contributed by atoms with Crippen molar-refractivity contribution < 1.29 is 13.9 Å². The zero-order chi connectivity index (χ0) is 12.0. The third-order valence-corrected chi connectivity index (χ3v) is 4.07. The second-order valence-corrected chi connectivity index (χ2v) is 4.98. The van der Waals surface area contributed by atoms with Crippen LogP contribution in [-0.2, 0) is 10.2 Å². The highest BCUT2D eigenvalue weighted by atomic mass is 19.1. The predicted molar refractivity (Wildman–Crippen MR) is 62.1 cm³/mol. The van der Waals surface area contributed by atoms with Gasteiger partial charge in [0.25, 0.3) is 0 Å². The van der Waals surface area contributed by atoms with E-state index in [0.29, 0.717) is 12.8 Å². The molecule has 2 nitrogen and oxygen atoms in total. The number of ether oxygens (including phenoxy) is 1. The van der Waals surface area contributed by atoms with Gasteiger partial charge < -0.3 is 4.74 Å². The number of carbonyl (C=O) groups excluding carboxylic acids is 1. The van der Waals surface area contributed by atoms with Gasteiger partial charge in [-0.2, -0.15) is 0 Å². The molecule has 1 aromatic rings. The summed E-state index contributed by atoms with van der Waals surface area (Å²) in [7, 11) is 0. The van der Waals surface area contributed by atoms with Gasteiger partial charge >= 0.3 is 0 Å². The fourth-order valence-electron chi connectivity index (χ4n) is 3.17. The molecule has 1 spiro atoms. The van der Waals surface area contributed by atoms with Crippen LogP contribution >= 0.6 is 0 Å². The molecule has 0 N–H and O–H groups in total. The van der Waals surface area contributed by atoms with Crippen molar-refractivity contribution in [2.24, 2.45) is 0 Å². The summed E-state index contributed by atoms with van der Waals surface area (Å²) in [5, 5.41) is 0. The number of aryl methyl sites for hydroxylation is 1. The lowest BCUT2D eigenvalue weighted by atomic mass is 9.72. The highest BCUT2D eigenvalue weighted by molar-refractivity contribution is 5.94. The topological polar surface area (TPSA) is 26.3 Å². The summed E-state index contributed by atoms with van der Waals surface area (Å²) in [4.78, 5) is 12.1. The van der Waals surface area contributed by atoms with Crippen molar-refractivity contribution in [2.45, 2.75) is 37.8 Å². The average Bonchev–Trinajstić information content (AvgIpc) is 2.68. The van der Waals surface area contributed by atoms with E-state index in [2.05, 4.69) is 0 Å². The average molecular weight is 234 g/mol. The maximum atomic E-state index is 14.3. The Morgan fingerprint density at radius 1 is 1.47 bits per heavy atom. The molecule has 1 aliphatic heterocycles. The van der Waals surface area contributed by atoms with Gasteiger partial charge in [-0.25, -0.2) is 4.39 Å². The van der Waals surface area contributed by atoms with Gasteiger partial charge in [-0.15, -0.1) is 0 Å². The highest BCUT2D eigenvalue weighted by Crippen LogP contribution is 2.49. The maximum absolute atomic E-state index is 14.3. The third-order valence-electron chi connectivity index (χ3n) is 4.07. The normalized spacial score (nSPS) is 31.4. The van der Waals surface area contributed by atoms with Crippen molar-refractivity contribution in [3.8, 4) is 5.75 Å². The first kappa shape index (κ1) is 10.8. The number of benzene rings is 1. The van der Waals surface area contributed by atoms with E-state index in [9.17, 15) is 9.18 Å². The molecular formula is C14H15FO2. The molecule has 2 atom stereocenters. The zero-order valence-electron chi connectivity index (χ0n) is 9.83. The number of alkyl halides is 1. The van der Waals surface area contributed by atoms with Gasteiger partial charge in [0.1, 0.15) is 18.1 Å². The number of ketones is 1. The lowest BCUT2D eigenvalue weighted by Gasteiger charge is -2.37. The fourth-order valence-corrected chi connectivity index (χ4v) is 3.17. The van der Waals surface area contributed by atoms with Gasteiger partial charge in [-0.05, 0) is 25.3 Å². The van der Waals surface area contributed by atoms with Crippen molar-refractivity contribution >= 4 is 5.78 Å². The standard InChI is InChI=1S/C14H15FO2/c1-9-4-2-5-10-13(9)17-8-11(15)14(10)7-3-6-12(14)16/h2,4-5,11H,3,6-8H2,1H3. The van der Waals surface area contributed by atoms with Crippen molar-refractivity contribution in [1.29, 1.82) is 0 Å². The Balaban J connectivity index is 2.23. The van der Waals surface area contributed by atoms with E-state index >= 15 is 0 Å². The number of hydrogen-bond acceptors (Lipinski definition) is 2. The van der Waals surface area contributed by atoms with Gasteiger partial charge in [0.15, 0.2) is 6.17 Å². The Hall–Kier alpha value is -1.38. The van der Waals surface area contributed by atoms with Crippen LogP contribution in [0.15, 0.2) is 18.2 Å². The van der Waals surface area contributed by atoms with E-state index in [-0.39, 0.29) is 12.4 Å². The summed E-state index contributed by atoms with van der Waals surface area (Å²) in [6.45, 7) is 1.94. The second-order valence-electron chi connectivity index (χ2n) is 4.98. The van der Waals surface area contributed by atoms with Gasteiger partial charge in [-0.1, -0.05) is 18.2 Å². The van der Waals surface area contributed by atoms with Crippen LogP contribution in [0.1, 0.15) is 30.4 Å². The Bertz CT molecular complexity index is 483. The van der Waals surface area contributed by atoms with Crippen LogP contribution < -0.4 is 4.74 Å². The molecule has 1 heterocycles. The van der Waals surface area contributed by atoms with Crippen molar-refractivity contribution in [3.05, 3.63) is 29.3 Å². The summed E-state index contributed by atoms with van der Waals surface area (Å²) < 4.78 is 19.7. The Morgan fingerprint density at radius 2 is 2.29 bits per heavy atom. The molecule has 1 fully saturated rings. The molecule has 3 rings (SSSR count). The first-order valence-corrected chi connectivity index (χ1v) is 6.06. The molecule has 17 heavy (non-hydrogen) atoms. The molecule has 2 unspecified atom stereocenters. The number of para-hydroxylation sites is 1. The van der Waals surface area contributed by atoms with Crippen molar-refractivity contribution in [2.75, 3.05) is 6.61 Å². The van der Waals surface area contributed by atoms with Crippen molar-refractivity contribution in [3.63, 3.8) is 0 Å². The summed E-state index contributed by atoms with van der Waals surface area (Å²) in [6.07, 6.45) is 0.694. The molecule has 1 aromatic carbocycles. The van der Waals surface area contributed by atoms with Crippen molar-refractivity contribution in [1.82, 2.24) is 0 Å². The van der Waals surface area contributed by atoms with Crippen LogP contribution in [0.3, 0.4) is 0 Å². The number of rotatable bonds is 0. The smallest absolute Gasteiger partial charge is 0.151 e. The third kappa shape index (κ3) is 1.28. The Morgan fingerprint density at radius 3 is 3.00 bits per heavy atom. The van der Waals surface area contributed by atoms with Crippen LogP contribution in [0.25, 0.3) is 0 Å². The molecule has 0 bridgehead atoms. The second kappa shape index (κ2) is 3.56. The van der Waals surface area contributed by atoms with Gasteiger partial charge in [-0.3, -0.25) is 4.79 Å². The maximum Gasteiger partial charge on any atom is 0.151 e. The molecule has 0 saturated heterocycles. The van der Waals surface area contributed by atoms with E-state index in [0.717, 1.165) is 23.3 Å². The number of hydrogen-bond donors (Lipinski definition) is 0. The first-order valence-electron chi connectivity index (χ1n) is 6.06. The van der Waals surface area contributed by atoms with Gasteiger partial charge in [0.05, 0.1) is 5.41 Å². The summed E-state index contributed by atoms with van der Waals surface area (Å²) >= 11 is 0. The Kier molecular flexibility index (Phi) is 2.25. The predicted octanol–water partition coefficient (Wildman–Crippen LogP) is 2.72. The molecule has 1 aliphatic carbocycles. The molecule has 3 heteroatoms. The number of carbonyl (C=O) groups is 1. The Labute approximate surface area is 99.8 Å². The van der Waals surface area contributed by atoms with Crippen LogP contribution in [0.2, 0.25) is 0 Å². The largest absolute Gasteiger partial charge is 0.490 e. The monoisotopic (exact) mass is 234 g/mol. The van der Waals surface area contributed by atoms with E-state index in [4.69, 9.17) is 4.74 Å². The molecule has 1 saturated carbocycles. The first-order chi connectivity index (χ1) is 8.16. The minimum absolute atomic E-state index is 0.00356. The van der Waals surface area contributed by atoms with E-state index < -0.39 is 11.6 Å². The molecular weight excluding hydrogens is 219 g/mol. The lowest BCUT2D eigenvalue weighted by molar-refractivity contribution is -0.125. The minimum atomic E-state index is -1.20. The van der Waals surface area contributed by atoms with Crippen LogP contribution in [-0.4, -0.2) is 18.6 Å². The van der Waals surface area contributed by atoms with Crippen LogP contribution in [0, 0.1) is 6.92 Å². The van der Waals surface area contributed by atoms with E-state index in [1.165, 1.54) is 0 Å². The summed E-state index contributed by atoms with van der Waals surface area (Å²) in [6, 6.07) is 5.66. The molecule has 0 aromatic heterocycles. The fraction of sp³-hybridized carbons (Fsp3) is 0.500. The highest BCUT2D eigenvalue weighted by Gasteiger charge is 2.54. The number of fused-ring (bicyclic) bond motifs is 2. The van der Waals surface area contributed by atoms with Crippen LogP contribution in [0.4, 0.5) is 4.39 Å². The van der Waals surface area contributed by atoms with Crippen LogP contribution in [0.5, 0.6) is 5.75 Å². The molecule has 90 valence electrons. The number of Topliss-reactive ketones (excluding diaryl/α,β-unsaturated/α-hetero) is 1. The van der Waals surface area contributed by atoms with E-state index in [1.807, 2.05) is 25.1 Å². The molecule has 0 radical (unpaired) electrons.